The van der Waals surface area contributed by atoms with Crippen LogP contribution in [0, 0.1) is 0 Å². The first-order valence-electron chi connectivity index (χ1n) is 2.31. The number of rotatable bonds is 1. The van der Waals surface area contributed by atoms with Crippen LogP contribution in [0.4, 0.5) is 0 Å². The molecule has 0 atom stereocenters. The van der Waals surface area contributed by atoms with Crippen LogP contribution < -0.4 is 0 Å². The van der Waals surface area contributed by atoms with Crippen molar-refractivity contribution in [1.29, 1.82) is 0 Å². The van der Waals surface area contributed by atoms with E-state index in [9.17, 15) is 2.85 Å². The summed E-state index contributed by atoms with van der Waals surface area (Å²) in [6, 6.07) is 0. The average Bonchev–Trinajstić information content (AvgIpc) is 1.31. The quantitative estimate of drug-likeness (QED) is 0.642. The second-order valence-corrected chi connectivity index (χ2v) is 5.53. The first-order chi connectivity index (χ1) is 2.93. The van der Waals surface area contributed by atoms with Crippen LogP contribution in [-0.2, 0) is 25.8 Å². The molecule has 1 rings (SSSR count). The zero-order valence-corrected chi connectivity index (χ0v) is 7.20. The van der Waals surface area contributed by atoms with Gasteiger partial charge in [0, 0.05) is 0 Å². The summed E-state index contributed by atoms with van der Waals surface area (Å²) in [4.78, 5) is 0. The zero-order chi connectivity index (χ0) is 4.41. The predicted octanol–water partition coefficient (Wildman–Crippen LogP) is 1.39. The van der Waals surface area contributed by atoms with E-state index in [1.807, 2.05) is 0 Å². The van der Waals surface area contributed by atoms with Gasteiger partial charge in [0.1, 0.15) is 0 Å². The van der Waals surface area contributed by atoms with Gasteiger partial charge in [-0.3, -0.25) is 0 Å². The third-order valence-electron chi connectivity index (χ3n) is 1.27. The Morgan fingerprint density at radius 2 is 2.17 bits per heavy atom. The molecule has 0 aliphatic heterocycles. The Hall–Kier alpha value is 0.670. The minimum absolute atomic E-state index is 0.755. The van der Waals surface area contributed by atoms with Crippen molar-refractivity contribution in [3.05, 3.63) is 0 Å². The fraction of sp³-hybridized carbons (Fsp3) is 1.00. The van der Waals surface area contributed by atoms with Gasteiger partial charge in [-0.2, -0.15) is 0 Å². The zero-order valence-electron chi connectivity index (χ0n) is 3.61. The molecule has 2 heteroatoms. The van der Waals surface area contributed by atoms with E-state index in [-0.39, 0.29) is 0 Å². The van der Waals surface area contributed by atoms with Gasteiger partial charge in [0.15, 0.2) is 0 Å². The molecule has 0 radical (unpaired) electrons. The summed E-state index contributed by atoms with van der Waals surface area (Å²) in [5.74, 6) is 0. The molecule has 1 aliphatic rings. The minimum atomic E-state index is -1.22. The second kappa shape index (κ2) is 2.10. The summed E-state index contributed by atoms with van der Waals surface area (Å²) < 4.78 is 10.9. The van der Waals surface area contributed by atoms with Crippen molar-refractivity contribution >= 4 is 0 Å². The molecule has 0 heterocycles. The van der Waals surface area contributed by atoms with Crippen LogP contribution in [-0.4, -0.2) is 0 Å². The van der Waals surface area contributed by atoms with Crippen LogP contribution >= 0.6 is 0 Å². The van der Waals surface area contributed by atoms with Crippen molar-refractivity contribution < 1.29 is 25.8 Å². The fourth-order valence-corrected chi connectivity index (χ4v) is 2.84. The van der Waals surface area contributed by atoms with E-state index < -0.39 is 22.9 Å². The Bertz CT molecular complexity index is 58.6. The molecular weight excluding hydrogens is 243 g/mol. The molecule has 1 fully saturated rings. The van der Waals surface area contributed by atoms with E-state index in [4.69, 9.17) is 0 Å². The molecule has 33 valence electrons. The summed E-state index contributed by atoms with van der Waals surface area (Å²) >= 11 is -1.22. The van der Waals surface area contributed by atoms with Crippen molar-refractivity contribution in [2.24, 2.45) is 0 Å². The van der Waals surface area contributed by atoms with E-state index in [1.165, 1.54) is 19.3 Å². The van der Waals surface area contributed by atoms with Gasteiger partial charge in [0.05, 0.1) is 0 Å². The molecule has 0 N–H and O–H groups in total. The van der Waals surface area contributed by atoms with Crippen LogP contribution in [0.5, 0.6) is 0 Å². The first kappa shape index (κ1) is 4.82. The molecule has 0 bridgehead atoms. The first-order valence-corrected chi connectivity index (χ1v) is 5.85. The SMILES string of the molecule is [O]=[Hf][CH]1CCC1. The Labute approximate surface area is 48.9 Å². The van der Waals surface area contributed by atoms with Crippen LogP contribution in [0.3, 0.4) is 0 Å². The Balaban J connectivity index is 2.16. The molecule has 1 saturated carbocycles. The summed E-state index contributed by atoms with van der Waals surface area (Å²) in [7, 11) is 0. The van der Waals surface area contributed by atoms with Gasteiger partial charge >= 0.3 is 48.7 Å². The standard InChI is InChI=1S/C4H7.Hf.O/c1-2-4-3-1;;/h1H,2-4H2;;. The van der Waals surface area contributed by atoms with Gasteiger partial charge in [0.2, 0.25) is 0 Å². The maximum absolute atomic E-state index is 10.1. The Morgan fingerprint density at radius 1 is 1.50 bits per heavy atom. The van der Waals surface area contributed by atoms with Crippen molar-refractivity contribution in [3.63, 3.8) is 0 Å². The van der Waals surface area contributed by atoms with Gasteiger partial charge in [-0.25, -0.2) is 0 Å². The summed E-state index contributed by atoms with van der Waals surface area (Å²) in [6.45, 7) is 0. The van der Waals surface area contributed by atoms with Crippen LogP contribution in [0.2, 0.25) is 3.67 Å². The van der Waals surface area contributed by atoms with Crippen LogP contribution in [0.1, 0.15) is 19.3 Å². The molecule has 1 nitrogen and oxygen atoms in total. The Kier molecular flexibility index (Phi) is 1.69. The molecule has 0 aromatic rings. The summed E-state index contributed by atoms with van der Waals surface area (Å²) in [5.41, 5.74) is 0. The van der Waals surface area contributed by atoms with Crippen LogP contribution in [0.25, 0.3) is 0 Å². The van der Waals surface area contributed by atoms with Gasteiger partial charge in [-0.15, -0.1) is 0 Å². The van der Waals surface area contributed by atoms with Crippen molar-refractivity contribution in [1.82, 2.24) is 0 Å². The van der Waals surface area contributed by atoms with E-state index in [1.54, 1.807) is 0 Å². The van der Waals surface area contributed by atoms with Gasteiger partial charge in [0.25, 0.3) is 0 Å². The van der Waals surface area contributed by atoms with E-state index in [0.717, 1.165) is 3.67 Å². The van der Waals surface area contributed by atoms with E-state index >= 15 is 0 Å². The molecule has 0 spiro atoms. The molecule has 0 aromatic carbocycles. The van der Waals surface area contributed by atoms with E-state index in [2.05, 4.69) is 0 Å². The topological polar surface area (TPSA) is 17.1 Å². The summed E-state index contributed by atoms with van der Waals surface area (Å²) in [6.07, 6.45) is 3.92. The van der Waals surface area contributed by atoms with Crippen molar-refractivity contribution in [3.8, 4) is 0 Å². The number of hydrogen-bond donors (Lipinski definition) is 0. The molecule has 6 heavy (non-hydrogen) atoms. The third kappa shape index (κ3) is 0.837. The van der Waals surface area contributed by atoms with Crippen molar-refractivity contribution in [2.45, 2.75) is 22.9 Å². The van der Waals surface area contributed by atoms with E-state index in [0.29, 0.717) is 0 Å². The molecule has 0 saturated heterocycles. The van der Waals surface area contributed by atoms with Gasteiger partial charge < -0.3 is 0 Å². The van der Waals surface area contributed by atoms with Gasteiger partial charge in [-0.1, -0.05) is 0 Å². The molecule has 0 aromatic heterocycles. The van der Waals surface area contributed by atoms with Crippen LogP contribution in [0.15, 0.2) is 0 Å². The molecule has 1 aliphatic carbocycles. The molecule has 0 amide bonds. The second-order valence-electron chi connectivity index (χ2n) is 1.75. The number of hydrogen-bond acceptors (Lipinski definition) is 1. The molecular formula is C4H7HfO. The Morgan fingerprint density at radius 3 is 2.17 bits per heavy atom. The fourth-order valence-electron chi connectivity index (χ4n) is 0.526. The maximum atomic E-state index is 10.1. The average molecular weight is 250 g/mol. The van der Waals surface area contributed by atoms with Crippen molar-refractivity contribution in [2.75, 3.05) is 0 Å². The summed E-state index contributed by atoms with van der Waals surface area (Å²) in [5, 5.41) is 0. The monoisotopic (exact) mass is 251 g/mol. The normalized spacial score (nSPS) is 22.0. The molecule has 0 unspecified atom stereocenters. The predicted molar refractivity (Wildman–Crippen MR) is 18.3 cm³/mol. The van der Waals surface area contributed by atoms with Gasteiger partial charge in [-0.05, 0) is 0 Å². The third-order valence-corrected chi connectivity index (χ3v) is 4.54.